The van der Waals surface area contributed by atoms with E-state index in [1.165, 1.54) is 19.1 Å². The molecule has 1 rings (SSSR count). The molecule has 0 amide bonds. The number of nitro groups is 1. The molecule has 1 unspecified atom stereocenters. The van der Waals surface area contributed by atoms with E-state index < -0.39 is 22.8 Å². The molecule has 1 aromatic heterocycles. The fourth-order valence-electron chi connectivity index (χ4n) is 0.876. The topological polar surface area (TPSA) is 103 Å². The van der Waals surface area contributed by atoms with E-state index in [-0.39, 0.29) is 10.9 Å². The van der Waals surface area contributed by atoms with Gasteiger partial charge in [-0.25, -0.2) is 4.79 Å². The van der Waals surface area contributed by atoms with Crippen molar-refractivity contribution in [3.63, 3.8) is 0 Å². The van der Waals surface area contributed by atoms with Crippen molar-refractivity contribution in [1.82, 2.24) is 4.98 Å². The summed E-state index contributed by atoms with van der Waals surface area (Å²) in [7, 11) is 0. The third-order valence-corrected chi connectivity index (χ3v) is 1.84. The molecule has 0 radical (unpaired) electrons. The molecule has 0 aromatic carbocycles. The smallest absolute Gasteiger partial charge is 0.407 e. The number of hydrogen-bond donors (Lipinski definition) is 1. The van der Waals surface area contributed by atoms with Gasteiger partial charge in [0.15, 0.2) is 6.10 Å². The summed E-state index contributed by atoms with van der Waals surface area (Å²) in [5.41, 5.74) is 0. The fourth-order valence-corrected chi connectivity index (χ4v) is 1.02. The van der Waals surface area contributed by atoms with Gasteiger partial charge in [-0.3, -0.25) is 0 Å². The Kier molecular flexibility index (Phi) is 3.62. The second kappa shape index (κ2) is 4.75. The fraction of sp³-hybridized carbons (Fsp3) is 0.250. The maximum atomic E-state index is 10.6. The van der Waals surface area contributed by atoms with Crippen molar-refractivity contribution in [3.8, 4) is 5.75 Å². The number of halogens is 1. The monoisotopic (exact) mass is 246 g/mol. The van der Waals surface area contributed by atoms with E-state index in [9.17, 15) is 14.9 Å². The Morgan fingerprint density at radius 1 is 1.69 bits per heavy atom. The van der Waals surface area contributed by atoms with Crippen LogP contribution in [0.1, 0.15) is 6.92 Å². The summed E-state index contributed by atoms with van der Waals surface area (Å²) in [6.45, 7) is 1.25. The lowest BCUT2D eigenvalue weighted by molar-refractivity contribution is -0.390. The first kappa shape index (κ1) is 12.2. The Morgan fingerprint density at radius 2 is 2.31 bits per heavy atom. The summed E-state index contributed by atoms with van der Waals surface area (Å²) >= 11 is 5.47. The van der Waals surface area contributed by atoms with Gasteiger partial charge < -0.3 is 20.0 Å². The zero-order valence-electron chi connectivity index (χ0n) is 8.08. The highest BCUT2D eigenvalue weighted by atomic mass is 35.5. The number of ether oxygens (including phenoxy) is 1. The molecular weight excluding hydrogens is 240 g/mol. The van der Waals surface area contributed by atoms with E-state index in [4.69, 9.17) is 21.4 Å². The molecule has 0 aliphatic carbocycles. The van der Waals surface area contributed by atoms with Crippen LogP contribution in [0.15, 0.2) is 12.1 Å². The molecule has 0 fully saturated rings. The molecule has 1 aromatic rings. The summed E-state index contributed by atoms with van der Waals surface area (Å²) in [6, 6.07) is 2.48. The minimum Gasteiger partial charge on any atom is -0.479 e. The maximum absolute atomic E-state index is 10.6. The van der Waals surface area contributed by atoms with Crippen molar-refractivity contribution in [3.05, 3.63) is 27.4 Å². The number of nitrogens with zero attached hydrogens (tertiary/aromatic N) is 2. The molecule has 1 atom stereocenters. The highest BCUT2D eigenvalue weighted by Gasteiger charge is 2.22. The minimum absolute atomic E-state index is 0.0676. The standard InChI is InChI=1S/C8H7ClN2O5/c1-4(8(12)13)16-5-2-3-6(9)10-7(5)11(14)15/h2-4H,1H3,(H,12,13). The van der Waals surface area contributed by atoms with Crippen LogP contribution in [0.4, 0.5) is 5.82 Å². The van der Waals surface area contributed by atoms with Crippen LogP contribution in [0.3, 0.4) is 0 Å². The normalized spacial score (nSPS) is 11.9. The predicted molar refractivity (Wildman–Crippen MR) is 53.6 cm³/mol. The zero-order chi connectivity index (χ0) is 12.3. The van der Waals surface area contributed by atoms with Gasteiger partial charge in [0.2, 0.25) is 10.9 Å². The molecule has 0 saturated carbocycles. The van der Waals surface area contributed by atoms with E-state index in [1.807, 2.05) is 0 Å². The van der Waals surface area contributed by atoms with Crippen molar-refractivity contribution < 1.29 is 19.6 Å². The average molecular weight is 247 g/mol. The number of carbonyl (C=O) groups is 1. The molecule has 86 valence electrons. The van der Waals surface area contributed by atoms with Gasteiger partial charge in [-0.05, 0) is 34.5 Å². The van der Waals surface area contributed by atoms with Gasteiger partial charge in [-0.2, -0.15) is 0 Å². The largest absolute Gasteiger partial charge is 0.479 e. The van der Waals surface area contributed by atoms with Crippen molar-refractivity contribution in [2.75, 3.05) is 0 Å². The lowest BCUT2D eigenvalue weighted by Crippen LogP contribution is -2.23. The summed E-state index contributed by atoms with van der Waals surface area (Å²) in [5.74, 6) is -2.07. The number of pyridine rings is 1. The second-order valence-corrected chi connectivity index (χ2v) is 3.20. The van der Waals surface area contributed by atoms with Gasteiger partial charge in [0.25, 0.3) is 0 Å². The highest BCUT2D eigenvalue weighted by Crippen LogP contribution is 2.27. The van der Waals surface area contributed by atoms with Crippen molar-refractivity contribution >= 4 is 23.4 Å². The van der Waals surface area contributed by atoms with Crippen molar-refractivity contribution in [2.24, 2.45) is 0 Å². The first-order chi connectivity index (χ1) is 7.41. The van der Waals surface area contributed by atoms with Crippen LogP contribution in [0.2, 0.25) is 5.15 Å². The molecule has 0 aliphatic heterocycles. The number of carboxylic acids is 1. The third-order valence-electron chi connectivity index (χ3n) is 1.63. The summed E-state index contributed by atoms with van der Waals surface area (Å²) in [6.07, 6.45) is -1.21. The summed E-state index contributed by atoms with van der Waals surface area (Å²) in [5, 5.41) is 19.1. The molecule has 7 nitrogen and oxygen atoms in total. The number of rotatable bonds is 4. The third kappa shape index (κ3) is 2.80. The van der Waals surface area contributed by atoms with E-state index in [2.05, 4.69) is 4.98 Å². The Hall–Kier alpha value is -1.89. The summed E-state index contributed by atoms with van der Waals surface area (Å²) < 4.78 is 4.86. The van der Waals surface area contributed by atoms with Gasteiger partial charge >= 0.3 is 11.8 Å². The van der Waals surface area contributed by atoms with Gasteiger partial charge in [0.05, 0.1) is 0 Å². The Bertz CT molecular complexity index is 436. The van der Waals surface area contributed by atoms with Crippen molar-refractivity contribution in [2.45, 2.75) is 13.0 Å². The Labute approximate surface area is 94.8 Å². The van der Waals surface area contributed by atoms with Gasteiger partial charge in [-0.1, -0.05) is 0 Å². The molecular formula is C8H7ClN2O5. The second-order valence-electron chi connectivity index (χ2n) is 2.81. The molecule has 0 aliphatic rings. The van der Waals surface area contributed by atoms with E-state index >= 15 is 0 Å². The molecule has 16 heavy (non-hydrogen) atoms. The lowest BCUT2D eigenvalue weighted by Gasteiger charge is -2.09. The Balaban J connectivity index is 3.04. The molecule has 8 heteroatoms. The SMILES string of the molecule is CC(Oc1ccc(Cl)nc1[N+](=O)[O-])C(=O)O. The van der Waals surface area contributed by atoms with E-state index in [1.54, 1.807) is 0 Å². The van der Waals surface area contributed by atoms with Gasteiger partial charge in [-0.15, -0.1) is 0 Å². The maximum Gasteiger partial charge on any atom is 0.407 e. The predicted octanol–water partition coefficient (Wildman–Crippen LogP) is 1.50. The van der Waals surface area contributed by atoms with Crippen LogP contribution in [0.5, 0.6) is 5.75 Å². The average Bonchev–Trinajstić information content (AvgIpc) is 2.20. The van der Waals surface area contributed by atoms with Crippen LogP contribution < -0.4 is 4.74 Å². The number of aromatic nitrogens is 1. The van der Waals surface area contributed by atoms with Gasteiger partial charge in [0.1, 0.15) is 0 Å². The molecule has 0 spiro atoms. The molecule has 1 heterocycles. The number of hydrogen-bond acceptors (Lipinski definition) is 5. The first-order valence-electron chi connectivity index (χ1n) is 4.12. The van der Waals surface area contributed by atoms with Crippen LogP contribution in [0.25, 0.3) is 0 Å². The van der Waals surface area contributed by atoms with Gasteiger partial charge in [0, 0.05) is 6.07 Å². The van der Waals surface area contributed by atoms with Crippen LogP contribution >= 0.6 is 11.6 Å². The molecule has 1 N–H and O–H groups in total. The van der Waals surface area contributed by atoms with E-state index in [0.29, 0.717) is 0 Å². The van der Waals surface area contributed by atoms with Crippen LogP contribution in [0, 0.1) is 10.1 Å². The quantitative estimate of drug-likeness (QED) is 0.490. The minimum atomic E-state index is -1.23. The van der Waals surface area contributed by atoms with E-state index in [0.717, 1.165) is 0 Å². The molecule has 0 saturated heterocycles. The lowest BCUT2D eigenvalue weighted by atomic mass is 10.4. The van der Waals surface area contributed by atoms with Crippen LogP contribution in [-0.4, -0.2) is 27.1 Å². The first-order valence-corrected chi connectivity index (χ1v) is 4.50. The number of aliphatic carboxylic acids is 1. The van der Waals surface area contributed by atoms with Crippen molar-refractivity contribution in [1.29, 1.82) is 0 Å². The summed E-state index contributed by atoms with van der Waals surface area (Å²) in [4.78, 5) is 23.7. The Morgan fingerprint density at radius 3 is 2.81 bits per heavy atom. The highest BCUT2D eigenvalue weighted by molar-refractivity contribution is 6.29. The zero-order valence-corrected chi connectivity index (χ0v) is 8.84. The molecule has 0 bridgehead atoms. The van der Waals surface area contributed by atoms with Crippen LogP contribution in [-0.2, 0) is 4.79 Å². The number of carboxylic acid groups (broad SMARTS) is 1.